The van der Waals surface area contributed by atoms with Gasteiger partial charge in [0.15, 0.2) is 5.76 Å². The van der Waals surface area contributed by atoms with Crippen molar-refractivity contribution in [2.75, 3.05) is 26.2 Å². The average Bonchev–Trinajstić information content (AvgIpc) is 3.25. The average molecular weight is 438 g/mol. The molecule has 33 heavy (non-hydrogen) atoms. The highest BCUT2D eigenvalue weighted by Gasteiger charge is 2.24. The van der Waals surface area contributed by atoms with E-state index in [9.17, 15) is 4.79 Å². The maximum atomic E-state index is 13.5. The summed E-state index contributed by atoms with van der Waals surface area (Å²) < 4.78 is 6.05. The van der Waals surface area contributed by atoms with E-state index in [1.807, 2.05) is 65.6 Å². The predicted octanol–water partition coefficient (Wildman–Crippen LogP) is 5.36. The molecule has 5 rings (SSSR count). The molecule has 4 aromatic rings. The van der Waals surface area contributed by atoms with Crippen LogP contribution in [0.1, 0.15) is 22.3 Å². The number of aromatic nitrogens is 1. The summed E-state index contributed by atoms with van der Waals surface area (Å²) in [7, 11) is 0. The van der Waals surface area contributed by atoms with Crippen LogP contribution in [0.2, 0.25) is 0 Å². The van der Waals surface area contributed by atoms with Crippen LogP contribution in [0.25, 0.3) is 22.8 Å². The van der Waals surface area contributed by atoms with Gasteiger partial charge in [0, 0.05) is 43.9 Å². The summed E-state index contributed by atoms with van der Waals surface area (Å²) in [6.07, 6.45) is 2.68. The summed E-state index contributed by atoms with van der Waals surface area (Å²) >= 11 is 0. The van der Waals surface area contributed by atoms with Gasteiger partial charge in [-0.15, -0.1) is 0 Å². The Morgan fingerprint density at radius 3 is 2.36 bits per heavy atom. The number of carbonyl (C=O) groups excluding carboxylic acids is 1. The van der Waals surface area contributed by atoms with Gasteiger partial charge in [0.25, 0.3) is 5.91 Å². The third-order valence-corrected chi connectivity index (χ3v) is 6.08. The van der Waals surface area contributed by atoms with Crippen molar-refractivity contribution in [1.82, 2.24) is 14.8 Å². The van der Waals surface area contributed by atoms with E-state index in [-0.39, 0.29) is 5.91 Å². The van der Waals surface area contributed by atoms with Gasteiger partial charge < -0.3 is 9.32 Å². The number of rotatable bonds is 5. The molecule has 5 nitrogen and oxygen atoms in total. The van der Waals surface area contributed by atoms with Gasteiger partial charge in [-0.05, 0) is 24.1 Å². The zero-order valence-electron chi connectivity index (χ0n) is 18.6. The van der Waals surface area contributed by atoms with Crippen molar-refractivity contribution in [2.45, 2.75) is 13.0 Å². The molecular formula is C28H27N3O2. The van der Waals surface area contributed by atoms with Gasteiger partial charge in [-0.1, -0.05) is 72.8 Å². The van der Waals surface area contributed by atoms with E-state index in [0.717, 1.165) is 43.7 Å². The Morgan fingerprint density at radius 2 is 1.55 bits per heavy atom. The van der Waals surface area contributed by atoms with Gasteiger partial charge in [-0.25, -0.2) is 4.98 Å². The molecule has 0 atom stereocenters. The Morgan fingerprint density at radius 1 is 0.818 bits per heavy atom. The lowest BCUT2D eigenvalue weighted by atomic mass is 10.1. The van der Waals surface area contributed by atoms with Gasteiger partial charge in [0.05, 0.1) is 11.8 Å². The van der Waals surface area contributed by atoms with Crippen LogP contribution in [-0.2, 0) is 6.54 Å². The van der Waals surface area contributed by atoms with Crippen molar-refractivity contribution in [3.8, 4) is 22.8 Å². The maximum absolute atomic E-state index is 13.5. The Hall–Kier alpha value is -3.70. The van der Waals surface area contributed by atoms with E-state index in [2.05, 4.69) is 34.1 Å². The fourth-order valence-electron chi connectivity index (χ4n) is 4.33. The highest BCUT2D eigenvalue weighted by Crippen LogP contribution is 2.29. The molecule has 1 aliphatic heterocycles. The van der Waals surface area contributed by atoms with Gasteiger partial charge in [0.1, 0.15) is 0 Å². The fraction of sp³-hybridized carbons (Fsp3) is 0.214. The Kier molecular flexibility index (Phi) is 6.31. The number of hydrogen-bond acceptors (Lipinski definition) is 4. The zero-order valence-corrected chi connectivity index (χ0v) is 18.6. The first-order valence-corrected chi connectivity index (χ1v) is 11.4. The zero-order chi connectivity index (χ0) is 22.5. The first kappa shape index (κ1) is 21.2. The van der Waals surface area contributed by atoms with Gasteiger partial charge in [-0.2, -0.15) is 0 Å². The quantitative estimate of drug-likeness (QED) is 0.422. The number of oxazole rings is 1. The summed E-state index contributed by atoms with van der Waals surface area (Å²) in [5.41, 5.74) is 3.64. The summed E-state index contributed by atoms with van der Waals surface area (Å²) in [4.78, 5) is 22.4. The Labute approximate surface area is 194 Å². The van der Waals surface area contributed by atoms with Crippen LogP contribution in [0.5, 0.6) is 0 Å². The lowest BCUT2D eigenvalue weighted by molar-refractivity contribution is 0.0761. The molecule has 166 valence electrons. The minimum atomic E-state index is 0.0339. The second kappa shape index (κ2) is 9.84. The van der Waals surface area contributed by atoms with E-state index in [4.69, 9.17) is 4.42 Å². The Balaban J connectivity index is 1.32. The maximum Gasteiger partial charge on any atom is 0.254 e. The monoisotopic (exact) mass is 437 g/mol. The summed E-state index contributed by atoms with van der Waals surface area (Å²) in [5.74, 6) is 1.20. The lowest BCUT2D eigenvalue weighted by Crippen LogP contribution is -2.35. The van der Waals surface area contributed by atoms with Crippen molar-refractivity contribution >= 4 is 5.91 Å². The normalized spacial score (nSPS) is 14.7. The van der Waals surface area contributed by atoms with Crippen LogP contribution < -0.4 is 0 Å². The molecular weight excluding hydrogens is 410 g/mol. The largest absolute Gasteiger partial charge is 0.436 e. The van der Waals surface area contributed by atoms with Crippen molar-refractivity contribution in [3.63, 3.8) is 0 Å². The molecule has 5 heteroatoms. The highest BCUT2D eigenvalue weighted by molar-refractivity contribution is 6.00. The molecule has 1 amide bonds. The molecule has 1 aromatic heterocycles. The van der Waals surface area contributed by atoms with Crippen LogP contribution >= 0.6 is 0 Å². The summed E-state index contributed by atoms with van der Waals surface area (Å²) in [6, 6.07) is 28.0. The van der Waals surface area contributed by atoms with E-state index in [0.29, 0.717) is 23.8 Å². The highest BCUT2D eigenvalue weighted by atomic mass is 16.4. The first-order chi connectivity index (χ1) is 16.3. The Bertz CT molecular complexity index is 1200. The molecule has 3 aromatic carbocycles. The molecule has 0 saturated carbocycles. The van der Waals surface area contributed by atoms with Crippen molar-refractivity contribution < 1.29 is 9.21 Å². The van der Waals surface area contributed by atoms with Gasteiger partial charge >= 0.3 is 0 Å². The topological polar surface area (TPSA) is 49.6 Å². The van der Waals surface area contributed by atoms with Crippen LogP contribution in [0, 0.1) is 0 Å². The standard InChI is InChI=1S/C28H27N3O2/c32-28(31-17-9-16-30(18-19-31)21-22-10-3-1-4-11-22)25-15-8-7-14-24(25)27-29-20-26(33-27)23-12-5-2-6-13-23/h1-8,10-15,20H,9,16-19,21H2. The molecule has 0 unspecified atom stereocenters. The van der Waals surface area contributed by atoms with Crippen molar-refractivity contribution in [2.24, 2.45) is 0 Å². The lowest BCUT2D eigenvalue weighted by Gasteiger charge is -2.22. The molecule has 1 saturated heterocycles. The van der Waals surface area contributed by atoms with E-state index in [1.165, 1.54) is 5.56 Å². The molecule has 1 fully saturated rings. The third kappa shape index (κ3) is 4.89. The van der Waals surface area contributed by atoms with Crippen LogP contribution in [0.15, 0.2) is 95.5 Å². The van der Waals surface area contributed by atoms with E-state index in [1.54, 1.807) is 6.20 Å². The second-order valence-corrected chi connectivity index (χ2v) is 8.35. The van der Waals surface area contributed by atoms with Gasteiger partial charge in [0.2, 0.25) is 5.89 Å². The van der Waals surface area contributed by atoms with Crippen molar-refractivity contribution in [3.05, 3.63) is 102 Å². The molecule has 1 aliphatic rings. The van der Waals surface area contributed by atoms with Crippen LogP contribution in [-0.4, -0.2) is 46.9 Å². The second-order valence-electron chi connectivity index (χ2n) is 8.35. The van der Waals surface area contributed by atoms with Crippen molar-refractivity contribution in [1.29, 1.82) is 0 Å². The minimum absolute atomic E-state index is 0.0339. The van der Waals surface area contributed by atoms with E-state index >= 15 is 0 Å². The third-order valence-electron chi connectivity index (χ3n) is 6.08. The summed E-state index contributed by atoms with van der Waals surface area (Å²) in [5, 5.41) is 0. The molecule has 0 radical (unpaired) electrons. The molecule has 2 heterocycles. The predicted molar refractivity (Wildman–Crippen MR) is 130 cm³/mol. The number of benzene rings is 3. The number of amides is 1. The molecule has 0 N–H and O–H groups in total. The fourth-order valence-corrected chi connectivity index (χ4v) is 4.33. The minimum Gasteiger partial charge on any atom is -0.436 e. The number of hydrogen-bond donors (Lipinski definition) is 0. The summed E-state index contributed by atoms with van der Waals surface area (Å²) in [6.45, 7) is 4.22. The molecule has 0 aliphatic carbocycles. The number of nitrogens with zero attached hydrogens (tertiary/aromatic N) is 3. The van der Waals surface area contributed by atoms with Crippen LogP contribution in [0.3, 0.4) is 0 Å². The molecule has 0 spiro atoms. The van der Waals surface area contributed by atoms with Gasteiger partial charge in [-0.3, -0.25) is 9.69 Å². The smallest absolute Gasteiger partial charge is 0.254 e. The first-order valence-electron chi connectivity index (χ1n) is 11.4. The number of carbonyl (C=O) groups is 1. The van der Waals surface area contributed by atoms with E-state index < -0.39 is 0 Å². The SMILES string of the molecule is O=C(c1ccccc1-c1ncc(-c2ccccc2)o1)N1CCCN(Cc2ccccc2)CC1. The molecule has 0 bridgehead atoms. The van der Waals surface area contributed by atoms with Crippen LogP contribution in [0.4, 0.5) is 0 Å².